The van der Waals surface area contributed by atoms with Crippen LogP contribution in [0.15, 0.2) is 0 Å². The first-order valence-corrected chi connectivity index (χ1v) is 2.84. The van der Waals surface area contributed by atoms with E-state index in [0.29, 0.717) is 6.42 Å². The molecule has 36 valence electrons. The highest BCUT2D eigenvalue weighted by Gasteiger charge is 2.50. The fourth-order valence-corrected chi connectivity index (χ4v) is 0.709. The molecule has 0 amide bonds. The third kappa shape index (κ3) is 0.654. The van der Waals surface area contributed by atoms with Gasteiger partial charge in [0, 0.05) is 6.42 Å². The second-order valence-corrected chi connectivity index (χ2v) is 3.36. The van der Waals surface area contributed by atoms with Gasteiger partial charge in [0.05, 0.1) is 6.04 Å². The number of rotatable bonds is 0. The summed E-state index contributed by atoms with van der Waals surface area (Å²) >= 11 is 1.72. The highest BCUT2D eigenvalue weighted by molar-refractivity contribution is 14.1. The first-order valence-electron chi connectivity index (χ1n) is 1.76. The lowest BCUT2D eigenvalue weighted by Gasteiger charge is -1.84. The average Bonchev–Trinajstić information content (AvgIpc) is 1.73. The Morgan fingerprint density at radius 3 is 2.17 bits per heavy atom. The molecule has 0 aromatic carbocycles. The van der Waals surface area contributed by atoms with E-state index in [1.54, 1.807) is 22.6 Å². The molecule has 2 N–H and O–H groups in total. The van der Waals surface area contributed by atoms with Gasteiger partial charge >= 0.3 is 0 Å². The summed E-state index contributed by atoms with van der Waals surface area (Å²) in [5, 5.41) is 0. The molecule has 0 aromatic heterocycles. The van der Waals surface area contributed by atoms with Crippen LogP contribution in [0.5, 0.6) is 0 Å². The van der Waals surface area contributed by atoms with Gasteiger partial charge in [-0.3, -0.25) is 0 Å². The van der Waals surface area contributed by atoms with Gasteiger partial charge in [-0.2, -0.15) is 0 Å². The molecule has 0 saturated heterocycles. The van der Waals surface area contributed by atoms with Gasteiger partial charge in [-0.25, -0.2) is 4.39 Å². The molecule has 0 spiro atoms. The zero-order valence-corrected chi connectivity index (χ0v) is 5.28. The van der Waals surface area contributed by atoms with Crippen molar-refractivity contribution >= 4 is 22.6 Å². The third-order valence-electron chi connectivity index (χ3n) is 0.874. The van der Waals surface area contributed by atoms with Gasteiger partial charge < -0.3 is 5.73 Å². The number of alkyl halides is 2. The lowest BCUT2D eigenvalue weighted by atomic mass is 10.8. The van der Waals surface area contributed by atoms with Gasteiger partial charge in [0.2, 0.25) is 0 Å². The molecule has 1 aliphatic carbocycles. The van der Waals surface area contributed by atoms with E-state index in [2.05, 4.69) is 0 Å². The van der Waals surface area contributed by atoms with Crippen molar-refractivity contribution in [1.82, 2.24) is 0 Å². The molecule has 3 heteroatoms. The number of hydrogen-bond acceptors (Lipinski definition) is 1. The Balaban J connectivity index is 2.41. The van der Waals surface area contributed by atoms with Gasteiger partial charge in [-0.1, -0.05) is 0 Å². The predicted octanol–water partition coefficient (Wildman–Crippen LogP) is 0.818. The molecule has 2 unspecified atom stereocenters. The van der Waals surface area contributed by atoms with Crippen molar-refractivity contribution in [2.45, 2.75) is 16.1 Å². The molecule has 1 nitrogen and oxygen atoms in total. The molecular weight excluding hydrogens is 196 g/mol. The van der Waals surface area contributed by atoms with E-state index in [4.69, 9.17) is 5.73 Å². The number of nitrogens with two attached hydrogens (primary N) is 1. The van der Waals surface area contributed by atoms with E-state index in [-0.39, 0.29) is 6.04 Å². The van der Waals surface area contributed by atoms with Crippen LogP contribution in [-0.4, -0.2) is 9.72 Å². The van der Waals surface area contributed by atoms with Crippen LogP contribution in [0.1, 0.15) is 6.42 Å². The van der Waals surface area contributed by atoms with Crippen LogP contribution in [0, 0.1) is 0 Å². The topological polar surface area (TPSA) is 26.0 Å². The zero-order valence-electron chi connectivity index (χ0n) is 3.12. The average molecular weight is 201 g/mol. The summed E-state index contributed by atoms with van der Waals surface area (Å²) in [6.07, 6.45) is 0.535. The molecule has 1 aliphatic rings. The van der Waals surface area contributed by atoms with E-state index in [1.165, 1.54) is 0 Å². The normalized spacial score (nSPS) is 55.5. The first kappa shape index (κ1) is 4.77. The zero-order chi connectivity index (χ0) is 4.78. The number of halogens is 2. The summed E-state index contributed by atoms with van der Waals surface area (Å²) in [6.45, 7) is 0. The molecule has 1 saturated carbocycles. The van der Waals surface area contributed by atoms with Gasteiger partial charge in [0.15, 0.2) is 3.68 Å². The third-order valence-corrected chi connectivity index (χ3v) is 2.11. The molecular formula is C3H5FIN. The second kappa shape index (κ2) is 1.06. The Morgan fingerprint density at radius 2 is 2.17 bits per heavy atom. The van der Waals surface area contributed by atoms with E-state index in [0.717, 1.165) is 0 Å². The van der Waals surface area contributed by atoms with Crippen LogP contribution in [0.4, 0.5) is 4.39 Å². The fraction of sp³-hybridized carbons (Fsp3) is 1.00. The lowest BCUT2D eigenvalue weighted by Crippen LogP contribution is -2.06. The fourth-order valence-electron chi connectivity index (χ4n) is 0.234. The van der Waals surface area contributed by atoms with E-state index in [9.17, 15) is 4.39 Å². The summed E-state index contributed by atoms with van der Waals surface area (Å²) < 4.78 is 11.0. The first-order chi connectivity index (χ1) is 2.63. The molecule has 0 bridgehead atoms. The Bertz CT molecular complexity index is 73.2. The van der Waals surface area contributed by atoms with Crippen molar-refractivity contribution in [3.63, 3.8) is 0 Å². The summed E-state index contributed by atoms with van der Waals surface area (Å²) in [6, 6.07) is -0.182. The summed E-state index contributed by atoms with van der Waals surface area (Å²) in [5.41, 5.74) is 5.12. The van der Waals surface area contributed by atoms with E-state index < -0.39 is 3.68 Å². The maximum absolute atomic E-state index is 12.1. The van der Waals surface area contributed by atoms with E-state index >= 15 is 0 Å². The predicted molar refractivity (Wildman–Crippen MR) is 30.5 cm³/mol. The summed E-state index contributed by atoms with van der Waals surface area (Å²) in [4.78, 5) is 0. The van der Waals surface area contributed by atoms with Crippen LogP contribution in [0.2, 0.25) is 0 Å². The maximum atomic E-state index is 12.1. The molecule has 1 fully saturated rings. The molecule has 0 aliphatic heterocycles. The Labute approximate surface area is 49.2 Å². The molecule has 1 rings (SSSR count). The Morgan fingerprint density at radius 1 is 2.00 bits per heavy atom. The Kier molecular flexibility index (Phi) is 0.846. The van der Waals surface area contributed by atoms with Gasteiger partial charge in [0.1, 0.15) is 0 Å². The van der Waals surface area contributed by atoms with Crippen molar-refractivity contribution in [2.24, 2.45) is 5.73 Å². The Hall–Kier alpha value is 0.620. The minimum Gasteiger partial charge on any atom is -0.324 e. The largest absolute Gasteiger partial charge is 0.324 e. The smallest absolute Gasteiger partial charge is 0.177 e. The van der Waals surface area contributed by atoms with Crippen LogP contribution in [0.25, 0.3) is 0 Å². The molecule has 0 aromatic rings. The minimum absolute atomic E-state index is 0.182. The quantitative estimate of drug-likeness (QED) is 0.455. The van der Waals surface area contributed by atoms with Gasteiger partial charge in [0.25, 0.3) is 0 Å². The highest BCUT2D eigenvalue weighted by Crippen LogP contribution is 2.44. The van der Waals surface area contributed by atoms with Crippen LogP contribution in [-0.2, 0) is 0 Å². The van der Waals surface area contributed by atoms with Crippen LogP contribution in [0.3, 0.4) is 0 Å². The second-order valence-electron chi connectivity index (χ2n) is 1.57. The maximum Gasteiger partial charge on any atom is 0.177 e. The van der Waals surface area contributed by atoms with Crippen molar-refractivity contribution < 1.29 is 4.39 Å². The lowest BCUT2D eigenvalue weighted by molar-refractivity contribution is 0.447. The van der Waals surface area contributed by atoms with Crippen molar-refractivity contribution in [3.8, 4) is 0 Å². The summed E-state index contributed by atoms with van der Waals surface area (Å²) in [7, 11) is 0. The summed E-state index contributed by atoms with van der Waals surface area (Å²) in [5.74, 6) is 0. The standard InChI is InChI=1S/C3H5FIN/c4-3(5)1-2(3)6/h2H,1,6H2. The van der Waals surface area contributed by atoms with Crippen LogP contribution >= 0.6 is 22.6 Å². The minimum atomic E-state index is -1.04. The van der Waals surface area contributed by atoms with Crippen molar-refractivity contribution in [3.05, 3.63) is 0 Å². The van der Waals surface area contributed by atoms with E-state index in [1.807, 2.05) is 0 Å². The number of hydrogen-bond donors (Lipinski definition) is 1. The van der Waals surface area contributed by atoms with Crippen LogP contribution < -0.4 is 5.73 Å². The monoisotopic (exact) mass is 201 g/mol. The molecule has 0 radical (unpaired) electrons. The van der Waals surface area contributed by atoms with Crippen molar-refractivity contribution in [2.75, 3.05) is 0 Å². The molecule has 0 heterocycles. The van der Waals surface area contributed by atoms with Gasteiger partial charge in [-0.05, 0) is 22.6 Å². The molecule has 6 heavy (non-hydrogen) atoms. The van der Waals surface area contributed by atoms with Gasteiger partial charge in [-0.15, -0.1) is 0 Å². The SMILES string of the molecule is NC1CC1(F)I. The highest BCUT2D eigenvalue weighted by atomic mass is 127. The van der Waals surface area contributed by atoms with Crippen molar-refractivity contribution in [1.29, 1.82) is 0 Å². The molecule has 2 atom stereocenters.